The van der Waals surface area contributed by atoms with Crippen molar-refractivity contribution < 1.29 is 9.84 Å². The number of aliphatic hydroxyl groups excluding tert-OH is 1. The van der Waals surface area contributed by atoms with Gasteiger partial charge in [0.2, 0.25) is 0 Å². The molecule has 0 bridgehead atoms. The summed E-state index contributed by atoms with van der Waals surface area (Å²) >= 11 is 0. The van der Waals surface area contributed by atoms with Gasteiger partial charge in [-0.05, 0) is 45.2 Å². The first-order chi connectivity index (χ1) is 10.2. The van der Waals surface area contributed by atoms with Crippen LogP contribution in [0.2, 0.25) is 0 Å². The maximum atomic E-state index is 10.2. The van der Waals surface area contributed by atoms with Crippen LogP contribution in [0.4, 0.5) is 0 Å². The van der Waals surface area contributed by atoms with E-state index in [9.17, 15) is 5.11 Å². The molecule has 1 saturated carbocycles. The molecule has 1 aromatic carbocycles. The van der Waals surface area contributed by atoms with Crippen molar-refractivity contribution in [1.82, 2.24) is 5.32 Å². The molecule has 1 aliphatic rings. The van der Waals surface area contributed by atoms with Crippen molar-refractivity contribution in [3.63, 3.8) is 0 Å². The van der Waals surface area contributed by atoms with E-state index in [1.807, 2.05) is 0 Å². The molecule has 0 aliphatic heterocycles. The van der Waals surface area contributed by atoms with E-state index in [2.05, 4.69) is 37.4 Å². The highest BCUT2D eigenvalue weighted by molar-refractivity contribution is 5.37. The van der Waals surface area contributed by atoms with Gasteiger partial charge >= 0.3 is 0 Å². The van der Waals surface area contributed by atoms with Gasteiger partial charge in [0, 0.05) is 12.1 Å². The number of hydrogen-bond acceptors (Lipinski definition) is 3. The Bertz CT molecular complexity index is 433. The molecule has 2 N–H and O–H groups in total. The van der Waals surface area contributed by atoms with Crippen molar-refractivity contribution in [3.8, 4) is 5.75 Å². The zero-order valence-corrected chi connectivity index (χ0v) is 13.4. The highest BCUT2D eigenvalue weighted by atomic mass is 16.5. The maximum Gasteiger partial charge on any atom is 0.124 e. The number of aliphatic hydroxyl groups is 1. The smallest absolute Gasteiger partial charge is 0.124 e. The van der Waals surface area contributed by atoms with Crippen molar-refractivity contribution in [3.05, 3.63) is 29.3 Å². The van der Waals surface area contributed by atoms with Crippen molar-refractivity contribution in [2.45, 2.75) is 71.1 Å². The average Bonchev–Trinajstić information content (AvgIpc) is 2.67. The first-order valence-corrected chi connectivity index (χ1v) is 8.35. The van der Waals surface area contributed by atoms with Crippen molar-refractivity contribution >= 4 is 0 Å². The van der Waals surface area contributed by atoms with Crippen LogP contribution in [0, 0.1) is 6.92 Å². The molecule has 1 aromatic rings. The van der Waals surface area contributed by atoms with Gasteiger partial charge in [0.05, 0.1) is 6.10 Å². The van der Waals surface area contributed by atoms with E-state index in [0.717, 1.165) is 50.9 Å². The summed E-state index contributed by atoms with van der Waals surface area (Å²) in [6.45, 7) is 6.11. The maximum absolute atomic E-state index is 10.2. The van der Waals surface area contributed by atoms with E-state index < -0.39 is 0 Å². The molecule has 2 rings (SSSR count). The molecule has 2 unspecified atom stereocenters. The fraction of sp³-hybridized carbons (Fsp3) is 0.667. The Kier molecular flexibility index (Phi) is 6.52. The Morgan fingerprint density at radius 2 is 2.05 bits per heavy atom. The molecule has 0 radical (unpaired) electrons. The quantitative estimate of drug-likeness (QED) is 0.622. The molecular formula is C18H29NO2. The number of ether oxygens (including phenoxy) is 1. The molecule has 1 fully saturated rings. The Hall–Kier alpha value is -1.06. The molecule has 0 amide bonds. The van der Waals surface area contributed by atoms with E-state index in [1.54, 1.807) is 0 Å². The van der Waals surface area contributed by atoms with Crippen LogP contribution in [0.25, 0.3) is 0 Å². The second-order valence-corrected chi connectivity index (χ2v) is 6.15. The second kappa shape index (κ2) is 8.40. The normalized spacial score (nSPS) is 22.8. The SMILES string of the molecule is CCCNCc1cc(C)ccc1OC1CCCCCC1O. The minimum absolute atomic E-state index is 0.0554. The minimum atomic E-state index is -0.328. The number of rotatable bonds is 6. The standard InChI is InChI=1S/C18H29NO2/c1-3-11-19-13-15-12-14(2)9-10-17(15)21-18-8-6-4-5-7-16(18)20/h9-10,12,16,18-20H,3-8,11,13H2,1-2H3. The van der Waals surface area contributed by atoms with Gasteiger partial charge in [0.15, 0.2) is 0 Å². The molecule has 0 heterocycles. The Morgan fingerprint density at radius 1 is 1.24 bits per heavy atom. The van der Waals surface area contributed by atoms with Gasteiger partial charge in [0.1, 0.15) is 11.9 Å². The van der Waals surface area contributed by atoms with Crippen LogP contribution in [-0.4, -0.2) is 23.9 Å². The fourth-order valence-corrected chi connectivity index (χ4v) is 2.92. The largest absolute Gasteiger partial charge is 0.487 e. The topological polar surface area (TPSA) is 41.5 Å². The summed E-state index contributed by atoms with van der Waals surface area (Å²) in [4.78, 5) is 0. The van der Waals surface area contributed by atoms with E-state index in [0.29, 0.717) is 0 Å². The molecule has 21 heavy (non-hydrogen) atoms. The average molecular weight is 291 g/mol. The van der Waals surface area contributed by atoms with Crippen LogP contribution in [0.3, 0.4) is 0 Å². The number of aryl methyl sites for hydroxylation is 1. The van der Waals surface area contributed by atoms with Crippen LogP contribution >= 0.6 is 0 Å². The lowest BCUT2D eigenvalue weighted by Crippen LogP contribution is -2.31. The number of hydrogen-bond donors (Lipinski definition) is 2. The van der Waals surface area contributed by atoms with Gasteiger partial charge in [-0.3, -0.25) is 0 Å². The summed E-state index contributed by atoms with van der Waals surface area (Å²) in [5.74, 6) is 0.926. The van der Waals surface area contributed by atoms with Crippen LogP contribution in [0.1, 0.15) is 56.6 Å². The zero-order chi connectivity index (χ0) is 15.1. The summed E-state index contributed by atoms with van der Waals surface area (Å²) in [5, 5.41) is 13.7. The predicted molar refractivity (Wildman–Crippen MR) is 86.7 cm³/mol. The van der Waals surface area contributed by atoms with Crippen LogP contribution in [0.5, 0.6) is 5.75 Å². The van der Waals surface area contributed by atoms with Crippen LogP contribution in [0.15, 0.2) is 18.2 Å². The third-order valence-electron chi connectivity index (χ3n) is 4.15. The first-order valence-electron chi connectivity index (χ1n) is 8.35. The molecule has 118 valence electrons. The third-order valence-corrected chi connectivity index (χ3v) is 4.15. The van der Waals surface area contributed by atoms with Crippen LogP contribution < -0.4 is 10.1 Å². The second-order valence-electron chi connectivity index (χ2n) is 6.15. The minimum Gasteiger partial charge on any atom is -0.487 e. The molecule has 1 aliphatic carbocycles. The predicted octanol–water partition coefficient (Wildman–Crippen LogP) is 3.57. The number of nitrogens with one attached hydrogen (secondary N) is 1. The Morgan fingerprint density at radius 3 is 2.86 bits per heavy atom. The summed E-state index contributed by atoms with van der Waals surface area (Å²) in [6.07, 6.45) is 6.03. The molecule has 0 saturated heterocycles. The van der Waals surface area contributed by atoms with Gasteiger partial charge in [-0.1, -0.05) is 37.5 Å². The molecular weight excluding hydrogens is 262 g/mol. The summed E-state index contributed by atoms with van der Waals surface area (Å²) in [5.41, 5.74) is 2.44. The molecule has 3 nitrogen and oxygen atoms in total. The molecule has 0 aromatic heterocycles. The lowest BCUT2D eigenvalue weighted by Gasteiger charge is -2.24. The van der Waals surface area contributed by atoms with Gasteiger partial charge in [-0.2, -0.15) is 0 Å². The summed E-state index contributed by atoms with van der Waals surface area (Å²) in [6, 6.07) is 6.32. The monoisotopic (exact) mass is 291 g/mol. The highest BCUT2D eigenvalue weighted by Crippen LogP contribution is 2.26. The Labute approximate surface area is 128 Å². The third kappa shape index (κ3) is 5.01. The fourth-order valence-electron chi connectivity index (χ4n) is 2.92. The zero-order valence-electron chi connectivity index (χ0n) is 13.4. The van der Waals surface area contributed by atoms with Gasteiger partial charge in [-0.25, -0.2) is 0 Å². The van der Waals surface area contributed by atoms with Crippen molar-refractivity contribution in [1.29, 1.82) is 0 Å². The van der Waals surface area contributed by atoms with Gasteiger partial charge in [-0.15, -0.1) is 0 Å². The molecule has 0 spiro atoms. The van der Waals surface area contributed by atoms with E-state index in [-0.39, 0.29) is 12.2 Å². The first kappa shape index (κ1) is 16.3. The lowest BCUT2D eigenvalue weighted by atomic mass is 10.1. The Balaban J connectivity index is 2.06. The van der Waals surface area contributed by atoms with Crippen molar-refractivity contribution in [2.24, 2.45) is 0 Å². The van der Waals surface area contributed by atoms with Gasteiger partial charge in [0.25, 0.3) is 0 Å². The molecule has 3 heteroatoms. The van der Waals surface area contributed by atoms with Crippen molar-refractivity contribution in [2.75, 3.05) is 6.54 Å². The van der Waals surface area contributed by atoms with Crippen LogP contribution in [-0.2, 0) is 6.54 Å². The molecule has 2 atom stereocenters. The lowest BCUT2D eigenvalue weighted by molar-refractivity contribution is 0.0314. The highest BCUT2D eigenvalue weighted by Gasteiger charge is 2.24. The number of benzene rings is 1. The summed E-state index contributed by atoms with van der Waals surface area (Å²) in [7, 11) is 0. The summed E-state index contributed by atoms with van der Waals surface area (Å²) < 4.78 is 6.17. The van der Waals surface area contributed by atoms with E-state index in [4.69, 9.17) is 4.74 Å². The van der Waals surface area contributed by atoms with E-state index >= 15 is 0 Å². The van der Waals surface area contributed by atoms with Gasteiger partial charge < -0.3 is 15.2 Å². The van der Waals surface area contributed by atoms with E-state index in [1.165, 1.54) is 17.5 Å².